The molecule has 3 heterocycles. The van der Waals surface area contributed by atoms with Crippen molar-refractivity contribution < 1.29 is 18.0 Å². The second-order valence-electron chi connectivity index (χ2n) is 9.22. The molecule has 1 saturated heterocycles. The number of aldehydes is 1. The van der Waals surface area contributed by atoms with Crippen LogP contribution < -0.4 is 0 Å². The summed E-state index contributed by atoms with van der Waals surface area (Å²) in [6, 6.07) is 14.1. The van der Waals surface area contributed by atoms with Crippen LogP contribution in [0, 0.1) is 18.8 Å². The van der Waals surface area contributed by atoms with Crippen molar-refractivity contribution in [1.82, 2.24) is 8.87 Å². The molecule has 0 spiro atoms. The topological polar surface area (TPSA) is 76.5 Å². The Labute approximate surface area is 194 Å². The summed E-state index contributed by atoms with van der Waals surface area (Å²) in [4.78, 5) is 26.9. The molecule has 0 aliphatic carbocycles. The number of aromatic nitrogens is 1. The molecule has 0 N–H and O–H groups in total. The highest BCUT2D eigenvalue weighted by molar-refractivity contribution is 7.90. The summed E-state index contributed by atoms with van der Waals surface area (Å²) in [6.45, 7) is 4.45. The number of amides is 1. The molecule has 1 aromatic heterocycles. The van der Waals surface area contributed by atoms with E-state index in [0.717, 1.165) is 22.8 Å². The molecule has 3 aromatic rings. The molecule has 2 aromatic carbocycles. The second kappa shape index (κ2) is 8.13. The SMILES string of the molecule is CCC(C=O)C1CC(=O)N2CCc3c(n(S(=O)(=O)c4ccc(C)cc4)c4ccccc34)[C@@H]2C1. The number of para-hydroxylation sites is 1. The van der Waals surface area contributed by atoms with Crippen LogP contribution in [0.25, 0.3) is 10.9 Å². The number of aryl methyl sites for hydroxylation is 1. The lowest BCUT2D eigenvalue weighted by Crippen LogP contribution is -2.47. The highest BCUT2D eigenvalue weighted by atomic mass is 32.2. The lowest BCUT2D eigenvalue weighted by molar-refractivity contribution is -0.141. The molecule has 2 unspecified atom stereocenters. The zero-order valence-corrected chi connectivity index (χ0v) is 19.7. The number of hydrogen-bond acceptors (Lipinski definition) is 4. The lowest BCUT2D eigenvalue weighted by atomic mass is 9.77. The molecule has 2 aliphatic rings. The van der Waals surface area contributed by atoms with Crippen LogP contribution in [0.2, 0.25) is 0 Å². The molecule has 1 fully saturated rings. The van der Waals surface area contributed by atoms with Gasteiger partial charge in [0.15, 0.2) is 0 Å². The fourth-order valence-corrected chi connectivity index (χ4v) is 7.22. The Bertz CT molecular complexity index is 1340. The summed E-state index contributed by atoms with van der Waals surface area (Å²) in [7, 11) is -3.89. The van der Waals surface area contributed by atoms with Crippen molar-refractivity contribution in [2.45, 2.75) is 50.5 Å². The van der Waals surface area contributed by atoms with Crippen LogP contribution in [0.1, 0.15) is 49.0 Å². The van der Waals surface area contributed by atoms with Crippen LogP contribution in [0.4, 0.5) is 0 Å². The van der Waals surface area contributed by atoms with Crippen molar-refractivity contribution in [3.63, 3.8) is 0 Å². The van der Waals surface area contributed by atoms with Crippen LogP contribution in [0.3, 0.4) is 0 Å². The van der Waals surface area contributed by atoms with Gasteiger partial charge in [-0.2, -0.15) is 0 Å². The van der Waals surface area contributed by atoms with Gasteiger partial charge in [-0.25, -0.2) is 12.4 Å². The number of rotatable bonds is 5. The molecule has 33 heavy (non-hydrogen) atoms. The van der Waals surface area contributed by atoms with E-state index in [4.69, 9.17) is 0 Å². The van der Waals surface area contributed by atoms with Gasteiger partial charge in [-0.05, 0) is 55.9 Å². The Morgan fingerprint density at radius 1 is 1.12 bits per heavy atom. The van der Waals surface area contributed by atoms with Crippen molar-refractivity contribution >= 4 is 33.1 Å². The summed E-state index contributed by atoms with van der Waals surface area (Å²) in [5, 5.41) is 0.917. The summed E-state index contributed by atoms with van der Waals surface area (Å²) >= 11 is 0. The minimum atomic E-state index is -3.89. The van der Waals surface area contributed by atoms with Crippen LogP contribution in [0.5, 0.6) is 0 Å². The van der Waals surface area contributed by atoms with Gasteiger partial charge >= 0.3 is 0 Å². The predicted octanol–water partition coefficient (Wildman–Crippen LogP) is 4.25. The Morgan fingerprint density at radius 3 is 2.55 bits per heavy atom. The van der Waals surface area contributed by atoms with Crippen molar-refractivity contribution in [3.05, 3.63) is 65.4 Å². The number of fused-ring (bicyclic) bond motifs is 5. The Hall–Kier alpha value is -2.93. The van der Waals surface area contributed by atoms with E-state index in [1.807, 2.05) is 43.0 Å². The maximum atomic E-state index is 14.0. The Morgan fingerprint density at radius 2 is 1.85 bits per heavy atom. The zero-order valence-electron chi connectivity index (χ0n) is 18.9. The fraction of sp³-hybridized carbons (Fsp3) is 0.385. The molecule has 0 saturated carbocycles. The van der Waals surface area contributed by atoms with Crippen LogP contribution in [-0.2, 0) is 26.0 Å². The first-order valence-electron chi connectivity index (χ1n) is 11.6. The van der Waals surface area contributed by atoms with Gasteiger partial charge in [0.2, 0.25) is 5.91 Å². The first-order chi connectivity index (χ1) is 15.9. The number of nitrogens with zero attached hydrogens (tertiary/aromatic N) is 2. The molecule has 5 rings (SSSR count). The number of benzene rings is 2. The molecule has 1 amide bonds. The molecule has 6 nitrogen and oxygen atoms in total. The average Bonchev–Trinajstić information content (AvgIpc) is 3.16. The van der Waals surface area contributed by atoms with E-state index in [0.29, 0.717) is 43.4 Å². The standard InChI is InChI=1S/C26H28N2O4S/c1-3-18(16-29)19-14-24-26-22(12-13-27(24)25(30)15-19)21-6-4-5-7-23(21)28(26)33(31,32)20-10-8-17(2)9-11-20/h4-11,16,18-19,24H,3,12-15H2,1-2H3/t18?,19?,24-/m0/s1. The van der Waals surface area contributed by atoms with Gasteiger partial charge in [-0.3, -0.25) is 4.79 Å². The third-order valence-corrected chi connectivity index (χ3v) is 9.11. The summed E-state index contributed by atoms with van der Waals surface area (Å²) < 4.78 is 29.4. The van der Waals surface area contributed by atoms with E-state index in [1.165, 1.54) is 3.97 Å². The normalized spacial score (nSPS) is 21.5. The predicted molar refractivity (Wildman–Crippen MR) is 126 cm³/mol. The highest BCUT2D eigenvalue weighted by Gasteiger charge is 2.44. The maximum Gasteiger partial charge on any atom is 0.268 e. The van der Waals surface area contributed by atoms with Crippen LogP contribution in [0.15, 0.2) is 53.4 Å². The maximum absolute atomic E-state index is 14.0. The van der Waals surface area contributed by atoms with Crippen LogP contribution >= 0.6 is 0 Å². The smallest absolute Gasteiger partial charge is 0.268 e. The number of carbonyl (C=O) groups excluding carboxylic acids is 2. The summed E-state index contributed by atoms with van der Waals surface area (Å²) in [6.07, 6.45) is 3.18. The molecular formula is C26H28N2O4S. The summed E-state index contributed by atoms with van der Waals surface area (Å²) in [5.41, 5.74) is 3.30. The van der Waals surface area contributed by atoms with Gasteiger partial charge < -0.3 is 9.69 Å². The molecule has 172 valence electrons. The van der Waals surface area contributed by atoms with Gasteiger partial charge in [0.1, 0.15) is 6.29 Å². The largest absolute Gasteiger partial charge is 0.334 e. The molecular weight excluding hydrogens is 436 g/mol. The van der Waals surface area contributed by atoms with E-state index in [9.17, 15) is 18.0 Å². The highest BCUT2D eigenvalue weighted by Crippen LogP contribution is 2.46. The zero-order chi connectivity index (χ0) is 23.3. The molecule has 0 bridgehead atoms. The minimum absolute atomic E-state index is 0.00624. The first-order valence-corrected chi connectivity index (χ1v) is 13.0. The van der Waals surface area contributed by atoms with E-state index >= 15 is 0 Å². The Kier molecular flexibility index (Phi) is 5.40. The third-order valence-electron chi connectivity index (χ3n) is 7.36. The van der Waals surface area contributed by atoms with Gasteiger partial charge in [-0.1, -0.05) is 42.8 Å². The second-order valence-corrected chi connectivity index (χ2v) is 11.0. The molecule has 7 heteroatoms. The summed E-state index contributed by atoms with van der Waals surface area (Å²) in [5.74, 6) is -0.277. The van der Waals surface area contributed by atoms with E-state index < -0.39 is 10.0 Å². The van der Waals surface area contributed by atoms with Crippen molar-refractivity contribution in [2.24, 2.45) is 11.8 Å². The lowest BCUT2D eigenvalue weighted by Gasteiger charge is -2.43. The quantitative estimate of drug-likeness (QED) is 0.529. The van der Waals surface area contributed by atoms with E-state index in [2.05, 4.69) is 0 Å². The van der Waals surface area contributed by atoms with Gasteiger partial charge in [0, 0.05) is 24.3 Å². The minimum Gasteiger partial charge on any atom is -0.334 e. The number of piperidine rings is 1. The fourth-order valence-electron chi connectivity index (χ4n) is 5.62. The van der Waals surface area contributed by atoms with Gasteiger partial charge in [-0.15, -0.1) is 0 Å². The van der Waals surface area contributed by atoms with E-state index in [-0.39, 0.29) is 28.7 Å². The van der Waals surface area contributed by atoms with Crippen molar-refractivity contribution in [3.8, 4) is 0 Å². The Balaban J connectivity index is 1.74. The van der Waals surface area contributed by atoms with Crippen molar-refractivity contribution in [1.29, 1.82) is 0 Å². The number of carbonyl (C=O) groups is 2. The first kappa shape index (κ1) is 21.9. The molecule has 2 aliphatic heterocycles. The van der Waals surface area contributed by atoms with E-state index in [1.54, 1.807) is 24.3 Å². The van der Waals surface area contributed by atoms with Crippen molar-refractivity contribution in [2.75, 3.05) is 6.54 Å². The third kappa shape index (κ3) is 3.41. The van der Waals surface area contributed by atoms with Gasteiger partial charge in [0.25, 0.3) is 10.0 Å². The average molecular weight is 465 g/mol. The molecule has 0 radical (unpaired) electrons. The van der Waals surface area contributed by atoms with Crippen LogP contribution in [-0.4, -0.2) is 36.0 Å². The monoisotopic (exact) mass is 464 g/mol. The molecule has 3 atom stereocenters. The number of hydrogen-bond donors (Lipinski definition) is 0. The van der Waals surface area contributed by atoms with Gasteiger partial charge in [0.05, 0.1) is 22.1 Å².